The smallest absolute Gasteiger partial charge is 0.339 e. The van der Waals surface area contributed by atoms with Crippen molar-refractivity contribution in [2.75, 3.05) is 7.11 Å². The minimum Gasteiger partial charge on any atom is -0.493 e. The average Bonchev–Trinajstić information content (AvgIpc) is 2.93. The molecule has 0 amide bonds. The SMILES string of the molecule is COc1cc(C(=O)OC(C)c2nc(C)no2)ccc1OC(C)C. The zero-order valence-electron chi connectivity index (χ0n) is 13.8. The number of nitrogens with zero attached hydrogens (tertiary/aromatic N) is 2. The van der Waals surface area contributed by atoms with E-state index >= 15 is 0 Å². The Balaban J connectivity index is 2.12. The molecule has 0 saturated carbocycles. The highest BCUT2D eigenvalue weighted by Crippen LogP contribution is 2.29. The van der Waals surface area contributed by atoms with Gasteiger partial charge in [-0.15, -0.1) is 0 Å². The van der Waals surface area contributed by atoms with E-state index in [1.54, 1.807) is 32.0 Å². The monoisotopic (exact) mass is 320 g/mol. The molecule has 0 saturated heterocycles. The summed E-state index contributed by atoms with van der Waals surface area (Å²) in [6, 6.07) is 4.87. The number of hydrogen-bond acceptors (Lipinski definition) is 7. The van der Waals surface area contributed by atoms with Crippen LogP contribution in [-0.4, -0.2) is 29.3 Å². The van der Waals surface area contributed by atoms with Crippen LogP contribution in [0.25, 0.3) is 0 Å². The van der Waals surface area contributed by atoms with E-state index in [0.717, 1.165) is 0 Å². The van der Waals surface area contributed by atoms with E-state index in [0.29, 0.717) is 22.9 Å². The third-order valence-electron chi connectivity index (χ3n) is 2.94. The van der Waals surface area contributed by atoms with Gasteiger partial charge in [-0.25, -0.2) is 4.79 Å². The zero-order chi connectivity index (χ0) is 17.0. The van der Waals surface area contributed by atoms with Crippen molar-refractivity contribution in [3.63, 3.8) is 0 Å². The number of esters is 1. The van der Waals surface area contributed by atoms with Crippen LogP contribution in [0.5, 0.6) is 11.5 Å². The number of benzene rings is 1. The summed E-state index contributed by atoms with van der Waals surface area (Å²) in [5.41, 5.74) is 0.348. The summed E-state index contributed by atoms with van der Waals surface area (Å²) in [4.78, 5) is 16.3. The van der Waals surface area contributed by atoms with Crippen LogP contribution in [0.2, 0.25) is 0 Å². The van der Waals surface area contributed by atoms with E-state index in [-0.39, 0.29) is 12.0 Å². The topological polar surface area (TPSA) is 83.7 Å². The highest BCUT2D eigenvalue weighted by atomic mass is 16.6. The molecule has 0 N–H and O–H groups in total. The lowest BCUT2D eigenvalue weighted by atomic mass is 10.2. The van der Waals surface area contributed by atoms with Crippen LogP contribution in [0.1, 0.15) is 48.9 Å². The second-order valence-electron chi connectivity index (χ2n) is 5.26. The quantitative estimate of drug-likeness (QED) is 0.756. The minimum absolute atomic E-state index is 0.00231. The fourth-order valence-electron chi connectivity index (χ4n) is 1.90. The fourth-order valence-corrected chi connectivity index (χ4v) is 1.90. The van der Waals surface area contributed by atoms with Gasteiger partial charge in [-0.2, -0.15) is 4.98 Å². The molecule has 0 aliphatic heterocycles. The lowest BCUT2D eigenvalue weighted by molar-refractivity contribution is 0.0265. The van der Waals surface area contributed by atoms with Gasteiger partial charge in [0.25, 0.3) is 5.89 Å². The number of hydrogen-bond donors (Lipinski definition) is 0. The summed E-state index contributed by atoms with van der Waals surface area (Å²) in [5.74, 6) is 1.26. The van der Waals surface area contributed by atoms with Gasteiger partial charge < -0.3 is 18.7 Å². The van der Waals surface area contributed by atoms with Crippen LogP contribution in [0, 0.1) is 6.92 Å². The molecule has 1 atom stereocenters. The summed E-state index contributed by atoms with van der Waals surface area (Å²) in [6.07, 6.45) is -0.635. The molecule has 23 heavy (non-hydrogen) atoms. The van der Waals surface area contributed by atoms with Crippen molar-refractivity contribution in [3.8, 4) is 11.5 Å². The largest absolute Gasteiger partial charge is 0.493 e. The highest BCUT2D eigenvalue weighted by Gasteiger charge is 2.20. The van der Waals surface area contributed by atoms with Crippen molar-refractivity contribution < 1.29 is 23.5 Å². The maximum Gasteiger partial charge on any atom is 0.339 e. The normalized spacial score (nSPS) is 12.1. The lowest BCUT2D eigenvalue weighted by Crippen LogP contribution is -2.11. The molecule has 0 aliphatic rings. The van der Waals surface area contributed by atoms with Gasteiger partial charge in [-0.3, -0.25) is 0 Å². The maximum absolute atomic E-state index is 12.2. The molecule has 2 aromatic rings. The van der Waals surface area contributed by atoms with Crippen LogP contribution >= 0.6 is 0 Å². The Morgan fingerprint density at radius 2 is 1.96 bits per heavy atom. The minimum atomic E-state index is -0.638. The molecule has 0 fully saturated rings. The van der Waals surface area contributed by atoms with E-state index in [4.69, 9.17) is 18.7 Å². The van der Waals surface area contributed by atoms with Crippen LogP contribution < -0.4 is 9.47 Å². The predicted molar refractivity (Wildman–Crippen MR) is 81.6 cm³/mol. The Bertz CT molecular complexity index is 681. The number of aromatic nitrogens is 2. The Kier molecular flexibility index (Phi) is 5.20. The lowest BCUT2D eigenvalue weighted by Gasteiger charge is -2.15. The standard InChI is InChI=1S/C16H20N2O5/c1-9(2)21-13-7-6-12(8-14(13)20-5)16(19)22-10(3)15-17-11(4)18-23-15/h6-10H,1-5H3. The van der Waals surface area contributed by atoms with E-state index in [1.807, 2.05) is 13.8 Å². The van der Waals surface area contributed by atoms with Crippen LogP contribution in [0.15, 0.2) is 22.7 Å². The van der Waals surface area contributed by atoms with Gasteiger partial charge in [0.05, 0.1) is 18.8 Å². The predicted octanol–water partition coefficient (Wildman–Crippen LogP) is 3.09. The first kappa shape index (κ1) is 16.8. The Morgan fingerprint density at radius 3 is 2.52 bits per heavy atom. The number of ether oxygens (including phenoxy) is 3. The first-order chi connectivity index (χ1) is 10.9. The number of methoxy groups -OCH3 is 1. The first-order valence-electron chi connectivity index (χ1n) is 7.26. The molecule has 2 rings (SSSR count). The van der Waals surface area contributed by atoms with Gasteiger partial charge >= 0.3 is 5.97 Å². The molecule has 0 bridgehead atoms. The second kappa shape index (κ2) is 7.13. The van der Waals surface area contributed by atoms with Gasteiger partial charge in [-0.1, -0.05) is 5.16 Å². The molecular weight excluding hydrogens is 300 g/mol. The first-order valence-corrected chi connectivity index (χ1v) is 7.26. The van der Waals surface area contributed by atoms with E-state index in [1.165, 1.54) is 7.11 Å². The van der Waals surface area contributed by atoms with Gasteiger partial charge in [0, 0.05) is 0 Å². The molecule has 124 valence electrons. The molecule has 7 nitrogen and oxygen atoms in total. The molecule has 0 aliphatic carbocycles. The summed E-state index contributed by atoms with van der Waals surface area (Å²) in [6.45, 7) is 7.18. The van der Waals surface area contributed by atoms with Gasteiger partial charge in [0.1, 0.15) is 0 Å². The number of rotatable bonds is 6. The van der Waals surface area contributed by atoms with Gasteiger partial charge in [-0.05, 0) is 45.9 Å². The van der Waals surface area contributed by atoms with Crippen molar-refractivity contribution in [1.82, 2.24) is 10.1 Å². The fraction of sp³-hybridized carbons (Fsp3) is 0.438. The van der Waals surface area contributed by atoms with Crippen LogP contribution in [0.3, 0.4) is 0 Å². The zero-order valence-corrected chi connectivity index (χ0v) is 13.8. The second-order valence-corrected chi connectivity index (χ2v) is 5.26. The molecular formula is C16H20N2O5. The van der Waals surface area contributed by atoms with Crippen molar-refractivity contribution in [2.24, 2.45) is 0 Å². The average molecular weight is 320 g/mol. The molecule has 0 spiro atoms. The highest BCUT2D eigenvalue weighted by molar-refractivity contribution is 5.90. The number of carbonyl (C=O) groups excluding carboxylic acids is 1. The van der Waals surface area contributed by atoms with Crippen molar-refractivity contribution in [2.45, 2.75) is 39.9 Å². The van der Waals surface area contributed by atoms with Crippen molar-refractivity contribution in [3.05, 3.63) is 35.5 Å². The van der Waals surface area contributed by atoms with Gasteiger partial charge in [0.2, 0.25) is 0 Å². The molecule has 1 aromatic carbocycles. The van der Waals surface area contributed by atoms with Crippen LogP contribution in [-0.2, 0) is 4.74 Å². The number of aryl methyl sites for hydroxylation is 1. The molecule has 1 heterocycles. The van der Waals surface area contributed by atoms with Crippen LogP contribution in [0.4, 0.5) is 0 Å². The van der Waals surface area contributed by atoms with E-state index < -0.39 is 12.1 Å². The van der Waals surface area contributed by atoms with Crippen molar-refractivity contribution >= 4 is 5.97 Å². The number of carbonyl (C=O) groups is 1. The summed E-state index contributed by atoms with van der Waals surface area (Å²) < 4.78 is 21.2. The molecule has 0 radical (unpaired) electrons. The Morgan fingerprint density at radius 1 is 1.22 bits per heavy atom. The Labute approximate surface area is 134 Å². The molecule has 7 heteroatoms. The molecule has 1 unspecified atom stereocenters. The summed E-state index contributed by atoms with van der Waals surface area (Å²) in [7, 11) is 1.52. The Hall–Kier alpha value is -2.57. The third-order valence-corrected chi connectivity index (χ3v) is 2.94. The van der Waals surface area contributed by atoms with Gasteiger partial charge in [0.15, 0.2) is 23.4 Å². The van der Waals surface area contributed by atoms with E-state index in [2.05, 4.69) is 10.1 Å². The van der Waals surface area contributed by atoms with Crippen molar-refractivity contribution in [1.29, 1.82) is 0 Å². The third kappa shape index (κ3) is 4.21. The summed E-state index contributed by atoms with van der Waals surface area (Å²) in [5, 5.41) is 3.67. The molecule has 1 aromatic heterocycles. The maximum atomic E-state index is 12.2. The summed E-state index contributed by atoms with van der Waals surface area (Å²) >= 11 is 0. The van der Waals surface area contributed by atoms with E-state index in [9.17, 15) is 4.79 Å².